The van der Waals surface area contributed by atoms with E-state index >= 15 is 0 Å². The third-order valence-electron chi connectivity index (χ3n) is 18.1. The first-order valence-corrected chi connectivity index (χ1v) is 38.7. The first-order valence-electron chi connectivity index (χ1n) is 38.7. The number of likely N-dealkylation sites (N-methyl/N-ethyl adjacent to an activating group) is 1. The molecule has 0 fully saturated rings. The van der Waals surface area contributed by atoms with Crippen LogP contribution < -0.4 is 5.11 Å². The second-order valence-electron chi connectivity index (χ2n) is 28.0. The number of carbonyl (C=O) groups is 3. The van der Waals surface area contributed by atoms with Gasteiger partial charge in [0.05, 0.1) is 40.3 Å². The second kappa shape index (κ2) is 69.2. The Hall–Kier alpha value is -1.71. The number of unbranched alkanes of at least 4 members (excludes halogenated alkanes) is 59. The summed E-state index contributed by atoms with van der Waals surface area (Å²) in [5.74, 6) is -2.24. The molecule has 0 rings (SSSR count). The van der Waals surface area contributed by atoms with E-state index in [0.29, 0.717) is 17.4 Å². The highest BCUT2D eigenvalue weighted by Crippen LogP contribution is 2.20. The molecule has 0 heterocycles. The van der Waals surface area contributed by atoms with Crippen LogP contribution in [-0.2, 0) is 33.3 Å². The molecular formula is C77H151NO8. The van der Waals surface area contributed by atoms with Gasteiger partial charge in [0.15, 0.2) is 12.4 Å². The minimum atomic E-state index is -1.62. The van der Waals surface area contributed by atoms with E-state index in [4.69, 9.17) is 18.9 Å². The molecule has 0 aromatic carbocycles. The van der Waals surface area contributed by atoms with Crippen LogP contribution in [-0.4, -0.2) is 82.3 Å². The van der Waals surface area contributed by atoms with E-state index in [1.807, 2.05) is 21.1 Å². The SMILES string of the molecule is CCCCCCCCCCCCCCCCCCCCCCCCCCCCCCCCCCCCCCCCCC(=O)OC(COC(=O)CCCCCCCCCCCCCCCCCCCCCCCC)COC(OCC[N+](C)(C)C)C(=O)[O-]. The van der Waals surface area contributed by atoms with E-state index in [2.05, 4.69) is 13.8 Å². The maximum Gasteiger partial charge on any atom is 0.306 e. The van der Waals surface area contributed by atoms with Crippen LogP contribution in [0.2, 0.25) is 0 Å². The fourth-order valence-electron chi connectivity index (χ4n) is 12.2. The van der Waals surface area contributed by atoms with Crippen LogP contribution in [0.1, 0.15) is 418 Å². The molecule has 9 heteroatoms. The lowest BCUT2D eigenvalue weighted by Gasteiger charge is -2.26. The summed E-state index contributed by atoms with van der Waals surface area (Å²) in [4.78, 5) is 37.5. The molecule has 0 aromatic rings. The van der Waals surface area contributed by atoms with Crippen molar-refractivity contribution in [3.8, 4) is 0 Å². The lowest BCUT2D eigenvalue weighted by molar-refractivity contribution is -0.870. The van der Waals surface area contributed by atoms with Gasteiger partial charge in [0.1, 0.15) is 13.2 Å². The van der Waals surface area contributed by atoms with Crippen LogP contribution in [0.3, 0.4) is 0 Å². The molecule has 0 spiro atoms. The van der Waals surface area contributed by atoms with Crippen molar-refractivity contribution in [2.24, 2.45) is 0 Å². The van der Waals surface area contributed by atoms with E-state index in [0.717, 1.165) is 38.5 Å². The van der Waals surface area contributed by atoms with Gasteiger partial charge < -0.3 is 33.3 Å². The zero-order valence-corrected chi connectivity index (χ0v) is 58.7. The molecule has 9 nitrogen and oxygen atoms in total. The summed E-state index contributed by atoms with van der Waals surface area (Å²) in [7, 11) is 5.95. The van der Waals surface area contributed by atoms with E-state index in [1.54, 1.807) is 0 Å². The van der Waals surface area contributed by atoms with Gasteiger partial charge in [-0.15, -0.1) is 0 Å². The van der Waals surface area contributed by atoms with Gasteiger partial charge in [-0.1, -0.05) is 393 Å². The minimum absolute atomic E-state index is 0.154. The molecule has 0 aliphatic carbocycles. The van der Waals surface area contributed by atoms with Crippen molar-refractivity contribution in [1.29, 1.82) is 0 Å². The molecule has 2 unspecified atom stereocenters. The molecular weight excluding hydrogens is 1070 g/mol. The van der Waals surface area contributed by atoms with Crippen LogP contribution in [0.5, 0.6) is 0 Å². The van der Waals surface area contributed by atoms with Crippen molar-refractivity contribution in [3.63, 3.8) is 0 Å². The number of aliphatic carboxylic acids is 1. The molecule has 0 aliphatic rings. The Kier molecular flexibility index (Phi) is 67.8. The Balaban J connectivity index is 3.91. The number of rotatable bonds is 74. The maximum absolute atomic E-state index is 12.9. The quantitative estimate of drug-likeness (QED) is 0.0256. The van der Waals surface area contributed by atoms with Gasteiger partial charge in [-0.25, -0.2) is 0 Å². The first kappa shape index (κ1) is 84.3. The fraction of sp³-hybridized carbons (Fsp3) is 0.961. The number of esters is 2. The summed E-state index contributed by atoms with van der Waals surface area (Å²) in [6.45, 7) is 4.85. The topological polar surface area (TPSA) is 111 Å². The van der Waals surface area contributed by atoms with Crippen LogP contribution in [0, 0.1) is 0 Å². The monoisotopic (exact) mass is 1220 g/mol. The first-order chi connectivity index (χ1) is 42.1. The van der Waals surface area contributed by atoms with Gasteiger partial charge in [-0.05, 0) is 12.8 Å². The molecule has 0 aromatic heterocycles. The Bertz CT molecular complexity index is 1370. The van der Waals surface area contributed by atoms with Crippen LogP contribution >= 0.6 is 0 Å². The minimum Gasteiger partial charge on any atom is -0.545 e. The predicted molar refractivity (Wildman–Crippen MR) is 367 cm³/mol. The second-order valence-corrected chi connectivity index (χ2v) is 28.0. The van der Waals surface area contributed by atoms with Crippen LogP contribution in [0.25, 0.3) is 0 Å². The van der Waals surface area contributed by atoms with Gasteiger partial charge in [0, 0.05) is 12.8 Å². The molecule has 2 atom stereocenters. The lowest BCUT2D eigenvalue weighted by atomic mass is 10.0. The Morgan fingerprint density at radius 2 is 0.523 bits per heavy atom. The van der Waals surface area contributed by atoms with E-state index < -0.39 is 24.3 Å². The molecule has 0 radical (unpaired) electrons. The van der Waals surface area contributed by atoms with Gasteiger partial charge in [-0.2, -0.15) is 0 Å². The third kappa shape index (κ3) is 69.8. The summed E-state index contributed by atoms with van der Waals surface area (Å²) < 4.78 is 22.9. The van der Waals surface area contributed by atoms with Gasteiger partial charge in [-0.3, -0.25) is 9.59 Å². The van der Waals surface area contributed by atoms with Crippen molar-refractivity contribution in [3.05, 3.63) is 0 Å². The Morgan fingerprint density at radius 1 is 0.302 bits per heavy atom. The summed E-state index contributed by atoms with van der Waals surface area (Å²) in [6.07, 6.45) is 80.9. The number of hydrogen-bond donors (Lipinski definition) is 0. The summed E-state index contributed by atoms with van der Waals surface area (Å²) >= 11 is 0. The average molecular weight is 1220 g/mol. The van der Waals surface area contributed by atoms with Gasteiger partial charge in [0.2, 0.25) is 0 Å². The van der Waals surface area contributed by atoms with E-state index in [9.17, 15) is 19.5 Å². The molecule has 0 saturated carbocycles. The molecule has 86 heavy (non-hydrogen) atoms. The molecule has 0 bridgehead atoms. The highest BCUT2D eigenvalue weighted by atomic mass is 16.7. The summed E-state index contributed by atoms with van der Waals surface area (Å²) in [5.41, 5.74) is 0. The average Bonchev–Trinajstić information content (AvgIpc) is 3.63. The van der Waals surface area contributed by atoms with Gasteiger partial charge in [0.25, 0.3) is 0 Å². The zero-order valence-electron chi connectivity index (χ0n) is 58.7. The van der Waals surface area contributed by atoms with Crippen molar-refractivity contribution in [1.82, 2.24) is 0 Å². The van der Waals surface area contributed by atoms with Gasteiger partial charge >= 0.3 is 11.9 Å². The van der Waals surface area contributed by atoms with Crippen molar-refractivity contribution in [2.75, 3.05) is 47.5 Å². The normalized spacial score (nSPS) is 12.5. The van der Waals surface area contributed by atoms with Crippen molar-refractivity contribution < 1.29 is 42.9 Å². The number of hydrogen-bond acceptors (Lipinski definition) is 8. The fourth-order valence-corrected chi connectivity index (χ4v) is 12.2. The zero-order chi connectivity index (χ0) is 62.6. The standard InChI is InChI=1S/C77H151NO8/c1-6-8-10-12-14-16-18-20-22-24-26-28-30-31-32-33-34-35-36-37-38-39-40-41-42-43-44-45-46-48-50-52-54-56-58-60-62-64-66-68-75(80)86-73(72-85-77(76(81)82)83-70-69-78(3,4)5)71-84-74(79)67-65-63-61-59-57-55-53-51-49-47-29-27-25-23-21-19-17-15-13-11-9-7-2/h73,77H,6-72H2,1-5H3. The highest BCUT2D eigenvalue weighted by Gasteiger charge is 2.22. The highest BCUT2D eigenvalue weighted by molar-refractivity contribution is 5.70. The smallest absolute Gasteiger partial charge is 0.306 e. The number of carbonyl (C=O) groups excluding carboxylic acids is 3. The van der Waals surface area contributed by atoms with Crippen LogP contribution in [0.4, 0.5) is 0 Å². The largest absolute Gasteiger partial charge is 0.545 e. The summed E-state index contributed by atoms with van der Waals surface area (Å²) in [6, 6.07) is 0. The maximum atomic E-state index is 12.9. The van der Waals surface area contributed by atoms with Crippen molar-refractivity contribution >= 4 is 17.9 Å². The number of carboxylic acids is 1. The Labute approximate surface area is 536 Å². The number of ether oxygens (including phenoxy) is 4. The molecule has 512 valence electrons. The Morgan fingerprint density at radius 3 is 0.744 bits per heavy atom. The van der Waals surface area contributed by atoms with Crippen molar-refractivity contribution in [2.45, 2.75) is 431 Å². The van der Waals surface area contributed by atoms with E-state index in [-0.39, 0.29) is 32.2 Å². The van der Waals surface area contributed by atoms with Crippen LogP contribution in [0.15, 0.2) is 0 Å². The molecule has 0 amide bonds. The number of carboxylic acid groups (broad SMARTS) is 1. The lowest BCUT2D eigenvalue weighted by Crippen LogP contribution is -2.44. The number of quaternary nitrogens is 1. The molecule has 0 aliphatic heterocycles. The van der Waals surface area contributed by atoms with E-state index in [1.165, 1.54) is 353 Å². The molecule has 0 N–H and O–H groups in total. The predicted octanol–water partition coefficient (Wildman–Crippen LogP) is 22.9. The summed E-state index contributed by atoms with van der Waals surface area (Å²) in [5, 5.41) is 11.8. The molecule has 0 saturated heterocycles. The third-order valence-corrected chi connectivity index (χ3v) is 18.1. The number of nitrogens with zero attached hydrogens (tertiary/aromatic N) is 1.